The minimum absolute atomic E-state index is 0.0139. The predicted octanol–water partition coefficient (Wildman–Crippen LogP) is -1.94. The van der Waals surface area contributed by atoms with Crippen LogP contribution in [0.1, 0.15) is 166 Å². The molecule has 0 aliphatic carbocycles. The molecule has 3 heterocycles. The van der Waals surface area contributed by atoms with E-state index in [9.17, 15) is 68.1 Å². The number of nitrogens with one attached hydrogen (secondary N) is 7. The molecule has 0 bridgehead atoms. The van der Waals surface area contributed by atoms with Gasteiger partial charge in [-0.15, -0.1) is 0 Å². The Balaban J connectivity index is 1.80. The highest BCUT2D eigenvalue weighted by atomic mass is 16.4. The highest BCUT2D eigenvalue weighted by Crippen LogP contribution is 2.25. The first-order valence-corrected chi connectivity index (χ1v) is 30.6. The minimum atomic E-state index is -1.56. The minimum Gasteiger partial charge on any atom is -0.480 e. The summed E-state index contributed by atoms with van der Waals surface area (Å²) in [6.07, 6.45) is 2.90. The van der Waals surface area contributed by atoms with Crippen LogP contribution in [0.15, 0.2) is 0 Å². The number of carboxylic acids is 1. The van der Waals surface area contributed by atoms with Crippen molar-refractivity contribution in [2.24, 2.45) is 29.6 Å². The van der Waals surface area contributed by atoms with Crippen LogP contribution in [0.25, 0.3) is 0 Å². The third kappa shape index (κ3) is 22.1. The Labute approximate surface area is 495 Å². The lowest BCUT2D eigenvalue weighted by molar-refractivity contribution is -0.406. The van der Waals surface area contributed by atoms with Crippen molar-refractivity contribution in [2.75, 3.05) is 32.8 Å². The molecule has 0 aromatic heterocycles. The largest absolute Gasteiger partial charge is 0.480 e. The van der Waals surface area contributed by atoms with Gasteiger partial charge in [-0.25, -0.2) is 4.79 Å². The van der Waals surface area contributed by atoms with E-state index < -0.39 is 138 Å². The number of aliphatic hydroxyl groups excluding tert-OH is 2. The standard InChI is InChI=1S/C58H102N12O14/c1-31(2)25-37(60)48(73)62-39(26-32(3)4)55(80)70-24-16-20-46(70)53(78)67-47(36(11)72)54(79)64-41(28-34(7)8)57(82)68-22-14-18-44(68)51(76)61-38(17-12-13-21-59)49(74)63-40(27-33(5)6)56(81)69-23-15-19-45(69)52(77)66-43(30-71)50(75)65-42(58(83)84)29-35(9)10/h31-47,71-72H,12-30,59-60H2,1-11H3,(H,61,76)(H,62,73)(H,63,74)(H,64,79)(H,65,75)(H,66,77)(H,67,78)(H,83,84)/p+2/t36-,37+,38+,39+,40+,41+,42+,43+,44+,45+,46+,47+/m1/s1. The monoisotopic (exact) mass is 1190 g/mol. The number of amides is 10. The molecule has 3 fully saturated rings. The molecule has 0 saturated carbocycles. The second-order valence-corrected chi connectivity index (χ2v) is 25.4. The lowest BCUT2D eigenvalue weighted by atomic mass is 9.99. The number of aliphatic hydroxyl groups is 2. The molecule has 0 radical (unpaired) electrons. The van der Waals surface area contributed by atoms with E-state index in [1.54, 1.807) is 13.8 Å². The number of hydrogen-bond acceptors (Lipinski definition) is 13. The molecular formula is C58H104N12O14+2. The van der Waals surface area contributed by atoms with Crippen molar-refractivity contribution in [3.05, 3.63) is 0 Å². The molecule has 0 aromatic carbocycles. The number of nitrogens with zero attached hydrogens (tertiary/aromatic N) is 3. The highest BCUT2D eigenvalue weighted by molar-refractivity contribution is 5.99. The Morgan fingerprint density at radius 2 is 0.798 bits per heavy atom. The van der Waals surface area contributed by atoms with Gasteiger partial charge in [-0.05, 0) is 120 Å². The molecule has 0 unspecified atom stereocenters. The maximum atomic E-state index is 14.6. The number of quaternary nitrogens is 2. The average molecular weight is 1190 g/mol. The molecule has 16 N–H and O–H groups in total. The predicted molar refractivity (Wildman–Crippen MR) is 310 cm³/mol. The second kappa shape index (κ2) is 34.8. The fraction of sp³-hybridized carbons (Fsp3) is 0.810. The fourth-order valence-corrected chi connectivity index (χ4v) is 11.2. The SMILES string of the molecule is CC(C)C[C@H](NC(=O)[C@H](CO)NC(=O)[C@@H]1CCCN1C(=O)[C@H](CC(C)C)NC(=O)[C@H](CCCC[NH3+])NC(=O)[C@@H]1CCCN1C(=O)[C@H](CC(C)C)NC(=O)[C@@H](NC(=O)[C@@H]1CCCN1C(=O)[C@H](CC(C)C)NC(=O)[C@@H]([NH3+])CC(C)C)[C@@H](C)O)C(=O)O. The molecule has 26 heteroatoms. The quantitative estimate of drug-likeness (QED) is 0.0312. The molecule has 3 aliphatic rings. The van der Waals surface area contributed by atoms with Gasteiger partial charge in [-0.2, -0.15) is 0 Å². The Morgan fingerprint density at radius 1 is 0.452 bits per heavy atom. The van der Waals surface area contributed by atoms with Gasteiger partial charge in [0.2, 0.25) is 53.2 Å². The number of hydrogen-bond donors (Lipinski definition) is 12. The summed E-state index contributed by atoms with van der Waals surface area (Å²) in [4.78, 5) is 156. The Hall–Kier alpha value is -5.99. The number of rotatable bonds is 34. The van der Waals surface area contributed by atoms with E-state index in [1.807, 2.05) is 55.4 Å². The third-order valence-electron chi connectivity index (χ3n) is 15.4. The second-order valence-electron chi connectivity index (χ2n) is 25.4. The van der Waals surface area contributed by atoms with Crippen LogP contribution < -0.4 is 48.7 Å². The summed E-state index contributed by atoms with van der Waals surface area (Å²) in [6, 6.07) is -12.6. The van der Waals surface area contributed by atoms with Crippen LogP contribution in [0, 0.1) is 29.6 Å². The molecule has 12 atom stereocenters. The summed E-state index contributed by atoms with van der Waals surface area (Å²) in [5.74, 6) is -8.00. The van der Waals surface area contributed by atoms with E-state index >= 15 is 0 Å². The Kier molecular flexibility index (Phi) is 30.0. The van der Waals surface area contributed by atoms with E-state index in [0.29, 0.717) is 51.5 Å². The van der Waals surface area contributed by atoms with Gasteiger partial charge in [-0.1, -0.05) is 69.2 Å². The molecule has 10 amide bonds. The molecule has 478 valence electrons. The van der Waals surface area contributed by atoms with Crippen LogP contribution in [0.2, 0.25) is 0 Å². The van der Waals surface area contributed by atoms with Crippen molar-refractivity contribution < 1.29 is 79.5 Å². The molecule has 0 spiro atoms. The third-order valence-corrected chi connectivity index (χ3v) is 15.4. The van der Waals surface area contributed by atoms with E-state index in [-0.39, 0.29) is 100 Å². The zero-order valence-electron chi connectivity index (χ0n) is 51.8. The van der Waals surface area contributed by atoms with Gasteiger partial charge in [0.1, 0.15) is 60.4 Å². The first kappa shape index (κ1) is 72.3. The molecule has 3 aliphatic heterocycles. The fourth-order valence-electron chi connectivity index (χ4n) is 11.2. The van der Waals surface area contributed by atoms with Gasteiger partial charge >= 0.3 is 5.97 Å². The van der Waals surface area contributed by atoms with Gasteiger partial charge < -0.3 is 78.7 Å². The van der Waals surface area contributed by atoms with E-state index in [2.05, 4.69) is 48.7 Å². The maximum Gasteiger partial charge on any atom is 0.326 e. The van der Waals surface area contributed by atoms with Gasteiger partial charge in [0, 0.05) is 26.1 Å². The van der Waals surface area contributed by atoms with Crippen molar-refractivity contribution in [1.82, 2.24) is 51.9 Å². The summed E-state index contributed by atoms with van der Waals surface area (Å²) in [6.45, 7) is 20.2. The smallest absolute Gasteiger partial charge is 0.326 e. The first-order chi connectivity index (χ1) is 39.4. The number of carboxylic acid groups (broad SMARTS) is 1. The number of carbonyl (C=O) groups excluding carboxylic acids is 10. The van der Waals surface area contributed by atoms with Gasteiger partial charge in [-0.3, -0.25) is 47.9 Å². The summed E-state index contributed by atoms with van der Waals surface area (Å²) < 4.78 is 0. The molecule has 3 rings (SSSR count). The highest BCUT2D eigenvalue weighted by Gasteiger charge is 2.44. The number of aliphatic carboxylic acids is 1. The van der Waals surface area contributed by atoms with Crippen molar-refractivity contribution in [3.8, 4) is 0 Å². The zero-order chi connectivity index (χ0) is 63.3. The number of likely N-dealkylation sites (tertiary alicyclic amines) is 3. The van der Waals surface area contributed by atoms with Crippen molar-refractivity contribution in [1.29, 1.82) is 0 Å². The molecule has 84 heavy (non-hydrogen) atoms. The molecule has 3 saturated heterocycles. The van der Waals surface area contributed by atoms with E-state index in [4.69, 9.17) is 0 Å². The summed E-state index contributed by atoms with van der Waals surface area (Å²) in [5.41, 5.74) is 7.88. The van der Waals surface area contributed by atoms with Crippen LogP contribution in [-0.2, 0) is 52.7 Å². The van der Waals surface area contributed by atoms with Crippen molar-refractivity contribution in [2.45, 2.75) is 239 Å². The topological polar surface area (TPSA) is 398 Å². The van der Waals surface area contributed by atoms with Gasteiger partial charge in [0.15, 0.2) is 6.04 Å². The van der Waals surface area contributed by atoms with E-state index in [1.165, 1.54) is 21.6 Å². The zero-order valence-corrected chi connectivity index (χ0v) is 51.8. The van der Waals surface area contributed by atoms with Crippen molar-refractivity contribution >= 4 is 65.0 Å². The maximum absolute atomic E-state index is 14.6. The van der Waals surface area contributed by atoms with Crippen LogP contribution in [0.5, 0.6) is 0 Å². The van der Waals surface area contributed by atoms with Gasteiger partial charge in [0.25, 0.3) is 5.91 Å². The summed E-state index contributed by atoms with van der Waals surface area (Å²) in [7, 11) is 0. The van der Waals surface area contributed by atoms with Gasteiger partial charge in [0.05, 0.1) is 19.3 Å². The van der Waals surface area contributed by atoms with Crippen LogP contribution in [-0.4, -0.2) is 200 Å². The normalized spacial score (nSPS) is 20.4. The van der Waals surface area contributed by atoms with Crippen LogP contribution >= 0.6 is 0 Å². The molecule has 0 aromatic rings. The summed E-state index contributed by atoms with van der Waals surface area (Å²) >= 11 is 0. The first-order valence-electron chi connectivity index (χ1n) is 30.6. The lowest BCUT2D eigenvalue weighted by Gasteiger charge is -2.33. The van der Waals surface area contributed by atoms with Crippen molar-refractivity contribution in [3.63, 3.8) is 0 Å². The number of carbonyl (C=O) groups is 11. The van der Waals surface area contributed by atoms with E-state index in [0.717, 1.165) is 0 Å². The summed E-state index contributed by atoms with van der Waals surface area (Å²) in [5, 5.41) is 49.5. The number of unbranched alkanes of at least 4 members (excludes halogenated alkanes) is 1. The van der Waals surface area contributed by atoms with Crippen LogP contribution in [0.3, 0.4) is 0 Å². The lowest BCUT2D eigenvalue weighted by Crippen LogP contribution is -2.69. The molecular weight excluding hydrogens is 1090 g/mol. The molecule has 26 nitrogen and oxygen atoms in total. The average Bonchev–Trinajstić information content (AvgIpc) is 3.46. The van der Waals surface area contributed by atoms with Crippen LogP contribution in [0.4, 0.5) is 0 Å². The Bertz CT molecular complexity index is 2250. The Morgan fingerprint density at radius 3 is 1.17 bits per heavy atom.